The number of alkyl halides is 3. The Labute approximate surface area is 150 Å². The highest BCUT2D eigenvalue weighted by Crippen LogP contribution is 2.34. The van der Waals surface area contributed by atoms with Crippen LogP contribution in [0.5, 0.6) is 0 Å². The van der Waals surface area contributed by atoms with Gasteiger partial charge in [0.2, 0.25) is 0 Å². The van der Waals surface area contributed by atoms with E-state index < -0.39 is 11.2 Å². The fourth-order valence-electron chi connectivity index (χ4n) is 2.96. The molecule has 9 heteroatoms. The van der Waals surface area contributed by atoms with Crippen molar-refractivity contribution < 1.29 is 18.0 Å². The van der Waals surface area contributed by atoms with Crippen LogP contribution in [0.3, 0.4) is 0 Å². The quantitative estimate of drug-likeness (QED) is 0.714. The van der Waals surface area contributed by atoms with Gasteiger partial charge >= 0.3 is 6.18 Å². The van der Waals surface area contributed by atoms with Gasteiger partial charge < -0.3 is 5.32 Å². The molecule has 0 radical (unpaired) electrons. The van der Waals surface area contributed by atoms with Gasteiger partial charge in [0.15, 0.2) is 10.7 Å². The van der Waals surface area contributed by atoms with Crippen molar-refractivity contribution in [2.24, 2.45) is 0 Å². The summed E-state index contributed by atoms with van der Waals surface area (Å²) in [5.74, 6) is -0.301. The smallest absolute Gasteiger partial charge is 0.321 e. The summed E-state index contributed by atoms with van der Waals surface area (Å²) in [6.45, 7) is 0. The van der Waals surface area contributed by atoms with Crippen molar-refractivity contribution in [3.05, 3.63) is 51.6 Å². The number of halogens is 3. The van der Waals surface area contributed by atoms with Crippen LogP contribution in [0.1, 0.15) is 33.2 Å². The maximum Gasteiger partial charge on any atom is 0.443 e. The summed E-state index contributed by atoms with van der Waals surface area (Å²) in [6.07, 6.45) is -1.70. The molecule has 0 saturated carbocycles. The predicted octanol–water partition coefficient (Wildman–Crippen LogP) is 4.29. The SMILES string of the molecule is O=C(Nc1ccc(-c2csc(C(F)(F)F)n2)cc1)c1n[nH]c2c1CCC2. The van der Waals surface area contributed by atoms with Crippen LogP contribution in [0.2, 0.25) is 0 Å². The van der Waals surface area contributed by atoms with E-state index in [0.717, 1.165) is 30.5 Å². The normalized spacial score (nSPS) is 13.7. The second-order valence-corrected chi connectivity index (χ2v) is 6.81. The van der Waals surface area contributed by atoms with Crippen LogP contribution < -0.4 is 5.32 Å². The van der Waals surface area contributed by atoms with E-state index in [1.54, 1.807) is 24.3 Å². The van der Waals surface area contributed by atoms with Gasteiger partial charge in [-0.05, 0) is 31.4 Å². The molecule has 0 atom stereocenters. The van der Waals surface area contributed by atoms with E-state index in [2.05, 4.69) is 20.5 Å². The van der Waals surface area contributed by atoms with Crippen molar-refractivity contribution in [1.82, 2.24) is 15.2 Å². The number of nitrogens with one attached hydrogen (secondary N) is 2. The van der Waals surface area contributed by atoms with Crippen LogP contribution in [0.4, 0.5) is 18.9 Å². The Morgan fingerprint density at radius 1 is 1.19 bits per heavy atom. The number of aryl methyl sites for hydroxylation is 1. The summed E-state index contributed by atoms with van der Waals surface area (Å²) in [6, 6.07) is 6.51. The Bertz CT molecular complexity index is 959. The van der Waals surface area contributed by atoms with Crippen LogP contribution in [0, 0.1) is 0 Å². The number of carbonyl (C=O) groups is 1. The van der Waals surface area contributed by atoms with Gasteiger partial charge in [0, 0.05) is 27.9 Å². The van der Waals surface area contributed by atoms with Crippen LogP contribution in [-0.2, 0) is 19.0 Å². The number of fused-ring (bicyclic) bond motifs is 1. The van der Waals surface area contributed by atoms with Crippen molar-refractivity contribution in [3.8, 4) is 11.3 Å². The molecule has 0 bridgehead atoms. The van der Waals surface area contributed by atoms with Gasteiger partial charge in [-0.25, -0.2) is 4.98 Å². The van der Waals surface area contributed by atoms with Gasteiger partial charge in [-0.1, -0.05) is 12.1 Å². The summed E-state index contributed by atoms with van der Waals surface area (Å²) in [5, 5.41) is 10.2. The van der Waals surface area contributed by atoms with E-state index in [4.69, 9.17) is 0 Å². The fourth-order valence-corrected chi connectivity index (χ4v) is 3.65. The zero-order valence-electron chi connectivity index (χ0n) is 13.4. The Kier molecular flexibility index (Phi) is 4.03. The van der Waals surface area contributed by atoms with E-state index in [1.165, 1.54) is 5.38 Å². The summed E-state index contributed by atoms with van der Waals surface area (Å²) in [4.78, 5) is 16.0. The first-order valence-electron chi connectivity index (χ1n) is 7.92. The van der Waals surface area contributed by atoms with Gasteiger partial charge in [0.25, 0.3) is 5.91 Å². The molecule has 2 aromatic heterocycles. The molecule has 0 saturated heterocycles. The number of hydrogen-bond donors (Lipinski definition) is 2. The number of rotatable bonds is 3. The van der Waals surface area contributed by atoms with Crippen molar-refractivity contribution in [2.75, 3.05) is 5.32 Å². The lowest BCUT2D eigenvalue weighted by Gasteiger charge is -2.05. The molecule has 3 aromatic rings. The first-order valence-corrected chi connectivity index (χ1v) is 8.80. The Balaban J connectivity index is 1.49. The van der Waals surface area contributed by atoms with Crippen molar-refractivity contribution in [2.45, 2.75) is 25.4 Å². The van der Waals surface area contributed by atoms with Crippen LogP contribution in [0.25, 0.3) is 11.3 Å². The van der Waals surface area contributed by atoms with E-state index in [9.17, 15) is 18.0 Å². The van der Waals surface area contributed by atoms with E-state index >= 15 is 0 Å². The van der Waals surface area contributed by atoms with Crippen LogP contribution >= 0.6 is 11.3 Å². The molecule has 1 aliphatic carbocycles. The van der Waals surface area contributed by atoms with E-state index in [0.29, 0.717) is 28.3 Å². The molecule has 0 fully saturated rings. The minimum absolute atomic E-state index is 0.255. The fraction of sp³-hybridized carbons (Fsp3) is 0.235. The molecule has 134 valence electrons. The highest BCUT2D eigenvalue weighted by molar-refractivity contribution is 7.10. The highest BCUT2D eigenvalue weighted by Gasteiger charge is 2.34. The predicted molar refractivity (Wildman–Crippen MR) is 91.1 cm³/mol. The zero-order chi connectivity index (χ0) is 18.3. The van der Waals surface area contributed by atoms with Crippen molar-refractivity contribution in [1.29, 1.82) is 0 Å². The third-order valence-corrected chi connectivity index (χ3v) is 5.09. The molecule has 5 nitrogen and oxygen atoms in total. The second kappa shape index (κ2) is 6.24. The topological polar surface area (TPSA) is 70.7 Å². The molecule has 2 heterocycles. The van der Waals surface area contributed by atoms with Gasteiger partial charge in [0.1, 0.15) is 0 Å². The lowest BCUT2D eigenvalue weighted by molar-refractivity contribution is -0.137. The monoisotopic (exact) mass is 378 g/mol. The number of hydrogen-bond acceptors (Lipinski definition) is 4. The van der Waals surface area contributed by atoms with Crippen LogP contribution in [0.15, 0.2) is 29.6 Å². The number of aromatic amines is 1. The summed E-state index contributed by atoms with van der Waals surface area (Å²) in [5.41, 5.74) is 3.71. The number of carbonyl (C=O) groups excluding carboxylic acids is 1. The first-order chi connectivity index (χ1) is 12.4. The van der Waals surface area contributed by atoms with Gasteiger partial charge in [-0.2, -0.15) is 18.3 Å². The molecular formula is C17H13F3N4OS. The summed E-state index contributed by atoms with van der Waals surface area (Å²) in [7, 11) is 0. The van der Waals surface area contributed by atoms with Gasteiger partial charge in [0.05, 0.1) is 5.69 Å². The number of anilines is 1. The first kappa shape index (κ1) is 16.8. The molecule has 0 unspecified atom stereocenters. The molecular weight excluding hydrogens is 365 g/mol. The number of amides is 1. The molecule has 1 aliphatic rings. The summed E-state index contributed by atoms with van der Waals surface area (Å²) >= 11 is 0.558. The Hall–Kier alpha value is -2.68. The number of thiazole rings is 1. The maximum absolute atomic E-state index is 12.6. The van der Waals surface area contributed by atoms with Crippen molar-refractivity contribution >= 4 is 22.9 Å². The van der Waals surface area contributed by atoms with Crippen LogP contribution in [-0.4, -0.2) is 21.1 Å². The van der Waals surface area contributed by atoms with E-state index in [-0.39, 0.29) is 11.6 Å². The Morgan fingerprint density at radius 3 is 2.65 bits per heavy atom. The minimum atomic E-state index is -4.44. The average Bonchev–Trinajstić information content (AvgIpc) is 3.31. The molecule has 2 N–H and O–H groups in total. The molecule has 1 amide bonds. The third-order valence-electron chi connectivity index (χ3n) is 4.21. The number of benzene rings is 1. The third kappa shape index (κ3) is 3.10. The molecule has 26 heavy (non-hydrogen) atoms. The van der Waals surface area contributed by atoms with Gasteiger partial charge in [-0.15, -0.1) is 11.3 Å². The molecule has 0 spiro atoms. The summed E-state index contributed by atoms with van der Waals surface area (Å²) < 4.78 is 37.9. The molecule has 4 rings (SSSR count). The number of aromatic nitrogens is 3. The number of nitrogens with zero attached hydrogens (tertiary/aromatic N) is 2. The standard InChI is InChI=1S/C17H13F3N4OS/c18-17(19,20)16-22-13(8-26-16)9-4-6-10(7-5-9)21-15(25)14-11-2-1-3-12(11)23-24-14/h4-8H,1-3H2,(H,21,25)(H,23,24). The number of H-pyrrole nitrogens is 1. The maximum atomic E-state index is 12.6. The Morgan fingerprint density at radius 2 is 1.96 bits per heavy atom. The minimum Gasteiger partial charge on any atom is -0.321 e. The molecule has 1 aromatic carbocycles. The van der Waals surface area contributed by atoms with E-state index in [1.807, 2.05) is 0 Å². The lowest BCUT2D eigenvalue weighted by atomic mass is 10.1. The largest absolute Gasteiger partial charge is 0.443 e. The average molecular weight is 378 g/mol. The molecule has 0 aliphatic heterocycles. The second-order valence-electron chi connectivity index (χ2n) is 5.95. The zero-order valence-corrected chi connectivity index (χ0v) is 14.2. The van der Waals surface area contributed by atoms with Gasteiger partial charge in [-0.3, -0.25) is 9.89 Å². The highest BCUT2D eigenvalue weighted by atomic mass is 32.1. The van der Waals surface area contributed by atoms with Crippen molar-refractivity contribution in [3.63, 3.8) is 0 Å². The lowest BCUT2D eigenvalue weighted by Crippen LogP contribution is -2.14.